The van der Waals surface area contributed by atoms with Gasteiger partial charge in [-0.2, -0.15) is 0 Å². The fraction of sp³-hybridized carbons (Fsp3) is 0.312. The highest BCUT2D eigenvalue weighted by atomic mass is 16.5. The zero-order chi connectivity index (χ0) is 13.9. The molecule has 20 heavy (non-hydrogen) atoms. The molecule has 104 valence electrons. The van der Waals surface area contributed by atoms with E-state index in [9.17, 15) is 5.11 Å². The Balaban J connectivity index is 1.73. The van der Waals surface area contributed by atoms with E-state index in [0.29, 0.717) is 12.5 Å². The van der Waals surface area contributed by atoms with Crippen LogP contribution >= 0.6 is 0 Å². The Labute approximate surface area is 118 Å². The number of rotatable bonds is 4. The number of aromatic nitrogens is 1. The van der Waals surface area contributed by atoms with Crippen LogP contribution in [0.1, 0.15) is 29.2 Å². The number of hydrogen-bond donors (Lipinski definition) is 1. The monoisotopic (exact) mass is 271 g/mol. The molecule has 0 saturated heterocycles. The second-order valence-corrected chi connectivity index (χ2v) is 4.88. The van der Waals surface area contributed by atoms with Crippen LogP contribution in [0, 0.1) is 0 Å². The van der Waals surface area contributed by atoms with Crippen LogP contribution in [-0.2, 0) is 13.0 Å². The van der Waals surface area contributed by atoms with Crippen LogP contribution in [0.15, 0.2) is 36.5 Å². The fourth-order valence-electron chi connectivity index (χ4n) is 2.54. The standard InChI is InChI=1S/C16H17NO3/c1-19-16-12(3-2-8-17-16)10-20-13-5-6-14-11(9-13)4-7-15(14)18/h2-3,5-6,8-9,15,18H,4,7,10H2,1H3. The molecule has 0 radical (unpaired) electrons. The summed E-state index contributed by atoms with van der Waals surface area (Å²) in [4.78, 5) is 4.14. The number of ether oxygens (including phenoxy) is 2. The van der Waals surface area contributed by atoms with Crippen molar-refractivity contribution in [2.24, 2.45) is 0 Å². The Morgan fingerprint density at radius 3 is 3.10 bits per heavy atom. The lowest BCUT2D eigenvalue weighted by molar-refractivity contribution is 0.180. The first-order valence-corrected chi connectivity index (χ1v) is 6.69. The number of aliphatic hydroxyl groups excluding tert-OH is 1. The first-order chi connectivity index (χ1) is 9.78. The average molecular weight is 271 g/mol. The summed E-state index contributed by atoms with van der Waals surface area (Å²) in [5.74, 6) is 1.40. The van der Waals surface area contributed by atoms with Gasteiger partial charge in [0.2, 0.25) is 5.88 Å². The van der Waals surface area contributed by atoms with Crippen LogP contribution < -0.4 is 9.47 Å². The Morgan fingerprint density at radius 2 is 2.25 bits per heavy atom. The number of nitrogens with zero attached hydrogens (tertiary/aromatic N) is 1. The van der Waals surface area contributed by atoms with Gasteiger partial charge in [0.1, 0.15) is 12.4 Å². The topological polar surface area (TPSA) is 51.6 Å². The molecule has 4 heteroatoms. The van der Waals surface area contributed by atoms with Gasteiger partial charge in [0.25, 0.3) is 0 Å². The highest BCUT2D eigenvalue weighted by Gasteiger charge is 2.20. The van der Waals surface area contributed by atoms with Crippen LogP contribution in [0.3, 0.4) is 0 Å². The van der Waals surface area contributed by atoms with Gasteiger partial charge < -0.3 is 14.6 Å². The molecule has 2 aromatic rings. The number of benzene rings is 1. The molecule has 1 N–H and O–H groups in total. The van der Waals surface area contributed by atoms with Gasteiger partial charge in [-0.15, -0.1) is 0 Å². The number of hydrogen-bond acceptors (Lipinski definition) is 4. The van der Waals surface area contributed by atoms with Crippen molar-refractivity contribution in [3.8, 4) is 11.6 Å². The fourth-order valence-corrected chi connectivity index (χ4v) is 2.54. The van der Waals surface area contributed by atoms with E-state index in [0.717, 1.165) is 29.7 Å². The number of methoxy groups -OCH3 is 1. The van der Waals surface area contributed by atoms with Crippen molar-refractivity contribution in [2.75, 3.05) is 7.11 Å². The summed E-state index contributed by atoms with van der Waals surface area (Å²) in [5, 5.41) is 9.78. The molecule has 1 aliphatic carbocycles. The maximum atomic E-state index is 9.78. The van der Waals surface area contributed by atoms with Gasteiger partial charge in [-0.05, 0) is 48.2 Å². The van der Waals surface area contributed by atoms with Crippen molar-refractivity contribution in [3.63, 3.8) is 0 Å². The lowest BCUT2D eigenvalue weighted by atomic mass is 10.1. The zero-order valence-corrected chi connectivity index (χ0v) is 11.4. The number of aryl methyl sites for hydroxylation is 1. The van der Waals surface area contributed by atoms with E-state index in [1.54, 1.807) is 13.3 Å². The van der Waals surface area contributed by atoms with Crippen molar-refractivity contribution < 1.29 is 14.6 Å². The summed E-state index contributed by atoms with van der Waals surface area (Å²) in [6.07, 6.45) is 3.08. The molecule has 1 aromatic heterocycles. The van der Waals surface area contributed by atoms with E-state index >= 15 is 0 Å². The molecular formula is C16H17NO3. The molecule has 4 nitrogen and oxygen atoms in total. The summed E-state index contributed by atoms with van der Waals surface area (Å²) < 4.78 is 11.0. The van der Waals surface area contributed by atoms with Crippen LogP contribution in [0.5, 0.6) is 11.6 Å². The molecule has 1 unspecified atom stereocenters. The maximum absolute atomic E-state index is 9.78. The number of fused-ring (bicyclic) bond motifs is 1. The van der Waals surface area contributed by atoms with Crippen molar-refractivity contribution >= 4 is 0 Å². The van der Waals surface area contributed by atoms with E-state index in [-0.39, 0.29) is 6.10 Å². The molecule has 1 heterocycles. The van der Waals surface area contributed by atoms with Gasteiger partial charge >= 0.3 is 0 Å². The van der Waals surface area contributed by atoms with Gasteiger partial charge in [0.15, 0.2) is 0 Å². The molecule has 3 rings (SSSR count). The van der Waals surface area contributed by atoms with Gasteiger partial charge in [-0.3, -0.25) is 0 Å². The maximum Gasteiger partial charge on any atom is 0.219 e. The first-order valence-electron chi connectivity index (χ1n) is 6.69. The van der Waals surface area contributed by atoms with Crippen molar-refractivity contribution in [1.82, 2.24) is 4.98 Å². The van der Waals surface area contributed by atoms with Crippen LogP contribution in [0.25, 0.3) is 0 Å². The van der Waals surface area contributed by atoms with Crippen molar-refractivity contribution in [1.29, 1.82) is 0 Å². The van der Waals surface area contributed by atoms with E-state index in [1.165, 1.54) is 5.56 Å². The van der Waals surface area contributed by atoms with Crippen molar-refractivity contribution in [3.05, 3.63) is 53.2 Å². The molecule has 0 aliphatic heterocycles. The Bertz CT molecular complexity index is 612. The van der Waals surface area contributed by atoms with Crippen LogP contribution in [0.4, 0.5) is 0 Å². The average Bonchev–Trinajstić information content (AvgIpc) is 2.86. The Kier molecular flexibility index (Phi) is 3.56. The number of aliphatic hydroxyl groups is 1. The van der Waals surface area contributed by atoms with Gasteiger partial charge in [-0.1, -0.05) is 6.07 Å². The predicted octanol–water partition coefficient (Wildman–Crippen LogP) is 2.65. The van der Waals surface area contributed by atoms with Crippen molar-refractivity contribution in [2.45, 2.75) is 25.6 Å². The second kappa shape index (κ2) is 5.51. The number of pyridine rings is 1. The molecule has 0 spiro atoms. The minimum atomic E-state index is -0.322. The Hall–Kier alpha value is -2.07. The molecular weight excluding hydrogens is 254 g/mol. The molecule has 0 saturated carbocycles. The molecule has 1 atom stereocenters. The normalized spacial score (nSPS) is 16.8. The van der Waals surface area contributed by atoms with E-state index < -0.39 is 0 Å². The lowest BCUT2D eigenvalue weighted by Crippen LogP contribution is -2.00. The summed E-state index contributed by atoms with van der Waals surface area (Å²) >= 11 is 0. The highest BCUT2D eigenvalue weighted by Crippen LogP contribution is 2.33. The van der Waals surface area contributed by atoms with E-state index in [4.69, 9.17) is 9.47 Å². The Morgan fingerprint density at radius 1 is 1.35 bits per heavy atom. The van der Waals surface area contributed by atoms with Gasteiger partial charge in [-0.25, -0.2) is 4.98 Å². The smallest absolute Gasteiger partial charge is 0.219 e. The molecule has 0 fully saturated rings. The third-order valence-electron chi connectivity index (χ3n) is 3.60. The lowest BCUT2D eigenvalue weighted by Gasteiger charge is -2.10. The minimum absolute atomic E-state index is 0.322. The molecule has 0 bridgehead atoms. The largest absolute Gasteiger partial charge is 0.489 e. The first kappa shape index (κ1) is 12.9. The molecule has 1 aliphatic rings. The van der Waals surface area contributed by atoms with Crippen LogP contribution in [0.2, 0.25) is 0 Å². The molecule has 0 amide bonds. The van der Waals surface area contributed by atoms with E-state index in [2.05, 4.69) is 4.98 Å². The molecule has 1 aromatic carbocycles. The minimum Gasteiger partial charge on any atom is -0.489 e. The quantitative estimate of drug-likeness (QED) is 0.928. The van der Waals surface area contributed by atoms with E-state index in [1.807, 2.05) is 30.3 Å². The third-order valence-corrected chi connectivity index (χ3v) is 3.60. The second-order valence-electron chi connectivity index (χ2n) is 4.88. The third kappa shape index (κ3) is 2.47. The van der Waals surface area contributed by atoms with Crippen LogP contribution in [-0.4, -0.2) is 17.2 Å². The van der Waals surface area contributed by atoms with Gasteiger partial charge in [0.05, 0.1) is 18.8 Å². The van der Waals surface area contributed by atoms with Gasteiger partial charge in [0, 0.05) is 6.20 Å². The zero-order valence-electron chi connectivity index (χ0n) is 11.4. The summed E-state index contributed by atoms with van der Waals surface area (Å²) in [6.45, 7) is 0.415. The highest BCUT2D eigenvalue weighted by molar-refractivity contribution is 5.40. The summed E-state index contributed by atoms with van der Waals surface area (Å²) in [6, 6.07) is 9.65. The SMILES string of the molecule is COc1ncccc1COc1ccc2c(c1)CCC2O. The summed E-state index contributed by atoms with van der Waals surface area (Å²) in [5.41, 5.74) is 3.11. The predicted molar refractivity (Wildman–Crippen MR) is 74.8 cm³/mol. The summed E-state index contributed by atoms with van der Waals surface area (Å²) in [7, 11) is 1.60.